The van der Waals surface area contributed by atoms with Gasteiger partial charge in [0, 0.05) is 34.2 Å². The van der Waals surface area contributed by atoms with Crippen molar-refractivity contribution in [3.63, 3.8) is 0 Å². The molecule has 2 atom stereocenters. The maximum absolute atomic E-state index is 13.4. The van der Waals surface area contributed by atoms with Gasteiger partial charge in [-0.05, 0) is 73.7 Å². The number of nitrogens with zero attached hydrogens (tertiary/aromatic N) is 1. The number of carbonyl (C=O) groups excluding carboxylic acids is 1. The molecule has 1 aliphatic carbocycles. The number of rotatable bonds is 6. The lowest BCUT2D eigenvalue weighted by molar-refractivity contribution is -0.140. The van der Waals surface area contributed by atoms with Crippen molar-refractivity contribution in [1.29, 1.82) is 0 Å². The Hall–Kier alpha value is -3.00. The molecule has 0 radical (unpaired) electrons. The summed E-state index contributed by atoms with van der Waals surface area (Å²) in [7, 11) is 1.57. The predicted octanol–water partition coefficient (Wildman–Crippen LogP) is 6.32. The molecular formula is C25H25ClF3N3O2. The molecular weight excluding hydrogens is 467 g/mol. The van der Waals surface area contributed by atoms with Crippen molar-refractivity contribution in [2.45, 2.75) is 37.9 Å². The Morgan fingerprint density at radius 1 is 1.15 bits per heavy atom. The predicted molar refractivity (Wildman–Crippen MR) is 126 cm³/mol. The molecule has 34 heavy (non-hydrogen) atoms. The number of pyridine rings is 1. The maximum Gasteiger partial charge on any atom is 0.433 e. The monoisotopic (exact) mass is 491 g/mol. The van der Waals surface area contributed by atoms with Crippen molar-refractivity contribution in [2.24, 2.45) is 5.92 Å². The summed E-state index contributed by atoms with van der Waals surface area (Å²) in [4.78, 5) is 16.2. The first kappa shape index (κ1) is 24.1. The first-order valence-electron chi connectivity index (χ1n) is 11.1. The van der Waals surface area contributed by atoms with E-state index >= 15 is 0 Å². The lowest BCUT2D eigenvalue weighted by Gasteiger charge is -2.31. The minimum atomic E-state index is -4.55. The summed E-state index contributed by atoms with van der Waals surface area (Å²) in [6.07, 6.45) is -1.14. The van der Waals surface area contributed by atoms with Crippen molar-refractivity contribution < 1.29 is 22.7 Å². The topological polar surface area (TPSA) is 63.2 Å². The molecule has 0 saturated heterocycles. The molecule has 1 heterocycles. The van der Waals surface area contributed by atoms with Crippen molar-refractivity contribution in [3.05, 3.63) is 64.8 Å². The van der Waals surface area contributed by atoms with Crippen LogP contribution in [0.5, 0.6) is 5.75 Å². The maximum atomic E-state index is 13.4. The molecule has 1 fully saturated rings. The van der Waals surface area contributed by atoms with E-state index in [1.54, 1.807) is 37.4 Å². The normalized spacial score (nSPS) is 18.5. The van der Waals surface area contributed by atoms with E-state index < -0.39 is 11.9 Å². The summed E-state index contributed by atoms with van der Waals surface area (Å²) < 4.78 is 45.3. The summed E-state index contributed by atoms with van der Waals surface area (Å²) in [5.41, 5.74) is 0.212. The largest absolute Gasteiger partial charge is 0.497 e. The highest BCUT2D eigenvalue weighted by molar-refractivity contribution is 6.31. The number of aromatic nitrogens is 1. The smallest absolute Gasteiger partial charge is 0.433 e. The molecule has 0 bridgehead atoms. The number of hydrogen-bond acceptors (Lipinski definition) is 4. The number of fused-ring (bicyclic) bond motifs is 1. The summed E-state index contributed by atoms with van der Waals surface area (Å²) in [5, 5.41) is 7.25. The van der Waals surface area contributed by atoms with Crippen LogP contribution < -0.4 is 15.4 Å². The van der Waals surface area contributed by atoms with Crippen LogP contribution >= 0.6 is 11.6 Å². The van der Waals surface area contributed by atoms with Crippen molar-refractivity contribution >= 4 is 34.1 Å². The molecule has 4 rings (SSSR count). The molecule has 0 spiro atoms. The quantitative estimate of drug-likeness (QED) is 0.424. The van der Waals surface area contributed by atoms with Gasteiger partial charge in [0.05, 0.1) is 12.6 Å². The van der Waals surface area contributed by atoms with Gasteiger partial charge in [0.2, 0.25) is 0 Å². The number of amides is 1. The Balaban J connectivity index is 1.44. The van der Waals surface area contributed by atoms with E-state index in [1.165, 1.54) is 12.1 Å². The molecule has 2 aromatic carbocycles. The van der Waals surface area contributed by atoms with E-state index in [0.29, 0.717) is 34.0 Å². The average molecular weight is 492 g/mol. The van der Waals surface area contributed by atoms with Crippen LogP contribution in [-0.2, 0) is 6.18 Å². The Bertz CT molecular complexity index is 1170. The van der Waals surface area contributed by atoms with Gasteiger partial charge in [-0.1, -0.05) is 18.0 Å². The van der Waals surface area contributed by atoms with Crippen LogP contribution in [0.4, 0.5) is 18.9 Å². The second kappa shape index (κ2) is 10.1. The van der Waals surface area contributed by atoms with Crippen LogP contribution in [-0.4, -0.2) is 30.6 Å². The van der Waals surface area contributed by atoms with Gasteiger partial charge in [0.1, 0.15) is 11.4 Å². The van der Waals surface area contributed by atoms with Crippen molar-refractivity contribution in [3.8, 4) is 5.75 Å². The lowest BCUT2D eigenvalue weighted by Crippen LogP contribution is -2.35. The number of alkyl halides is 3. The van der Waals surface area contributed by atoms with Crippen LogP contribution in [0, 0.1) is 5.92 Å². The molecule has 1 amide bonds. The Morgan fingerprint density at radius 2 is 1.91 bits per heavy atom. The number of benzene rings is 2. The zero-order chi connectivity index (χ0) is 24.3. The van der Waals surface area contributed by atoms with Gasteiger partial charge >= 0.3 is 6.18 Å². The molecule has 5 nitrogen and oxygen atoms in total. The molecule has 0 aliphatic heterocycles. The fraction of sp³-hybridized carbons (Fsp3) is 0.360. The van der Waals surface area contributed by atoms with E-state index in [0.717, 1.165) is 31.7 Å². The molecule has 1 unspecified atom stereocenters. The SMILES string of the molecule is COc1ccc(C(=O)NCC2CCC[C@H](Nc3cc(C(F)(F)F)nc4ccc(Cl)cc34)C2)cc1. The van der Waals surface area contributed by atoms with Gasteiger partial charge in [-0.2, -0.15) is 13.2 Å². The van der Waals surface area contributed by atoms with Gasteiger partial charge in [-0.25, -0.2) is 4.98 Å². The summed E-state index contributed by atoms with van der Waals surface area (Å²) in [6.45, 7) is 0.500. The van der Waals surface area contributed by atoms with E-state index in [-0.39, 0.29) is 23.4 Å². The molecule has 1 aliphatic rings. The van der Waals surface area contributed by atoms with Gasteiger partial charge in [0.15, 0.2) is 0 Å². The van der Waals surface area contributed by atoms with Crippen LogP contribution in [0.15, 0.2) is 48.5 Å². The summed E-state index contributed by atoms with van der Waals surface area (Å²) >= 11 is 6.10. The number of nitrogens with one attached hydrogen (secondary N) is 2. The van der Waals surface area contributed by atoms with Gasteiger partial charge in [-0.3, -0.25) is 4.79 Å². The van der Waals surface area contributed by atoms with Gasteiger partial charge in [0.25, 0.3) is 5.91 Å². The molecule has 1 saturated carbocycles. The number of hydrogen-bond donors (Lipinski definition) is 2. The summed E-state index contributed by atoms with van der Waals surface area (Å²) in [6, 6.07) is 12.6. The summed E-state index contributed by atoms with van der Waals surface area (Å²) in [5.74, 6) is 0.728. The van der Waals surface area contributed by atoms with Crippen LogP contribution in [0.1, 0.15) is 41.7 Å². The number of ether oxygens (including phenoxy) is 1. The standard InChI is InChI=1S/C25H25ClF3N3O2/c1-34-19-8-5-16(6-9-19)24(33)30-14-15-3-2-4-18(11-15)31-22-13-23(25(27,28)29)32-21-10-7-17(26)12-20(21)22/h5-10,12-13,15,18H,2-4,11,14H2,1H3,(H,30,33)(H,31,32)/t15?,18-/m0/s1. The minimum absolute atomic E-state index is 0.0256. The Labute approximate surface area is 200 Å². The molecule has 3 aromatic rings. The van der Waals surface area contributed by atoms with Crippen LogP contribution in [0.25, 0.3) is 10.9 Å². The third-order valence-electron chi connectivity index (χ3n) is 6.11. The highest BCUT2D eigenvalue weighted by atomic mass is 35.5. The zero-order valence-electron chi connectivity index (χ0n) is 18.6. The first-order valence-corrected chi connectivity index (χ1v) is 11.5. The second-order valence-corrected chi connectivity index (χ2v) is 8.96. The molecule has 1 aromatic heterocycles. The minimum Gasteiger partial charge on any atom is -0.497 e. The van der Waals surface area contributed by atoms with E-state index in [1.807, 2.05) is 0 Å². The van der Waals surface area contributed by atoms with Crippen LogP contribution in [0.2, 0.25) is 5.02 Å². The van der Waals surface area contributed by atoms with Gasteiger partial charge in [-0.15, -0.1) is 0 Å². The van der Waals surface area contributed by atoms with E-state index in [2.05, 4.69) is 15.6 Å². The first-order chi connectivity index (χ1) is 16.2. The fourth-order valence-electron chi connectivity index (χ4n) is 4.37. The third-order valence-corrected chi connectivity index (χ3v) is 6.34. The van der Waals surface area contributed by atoms with Crippen molar-refractivity contribution in [1.82, 2.24) is 10.3 Å². The van der Waals surface area contributed by atoms with Gasteiger partial charge < -0.3 is 15.4 Å². The van der Waals surface area contributed by atoms with Crippen LogP contribution in [0.3, 0.4) is 0 Å². The van der Waals surface area contributed by atoms with E-state index in [4.69, 9.17) is 16.3 Å². The highest BCUT2D eigenvalue weighted by Crippen LogP contribution is 2.35. The zero-order valence-corrected chi connectivity index (χ0v) is 19.3. The number of halogens is 4. The molecule has 180 valence electrons. The molecule has 9 heteroatoms. The number of methoxy groups -OCH3 is 1. The number of carbonyl (C=O) groups is 1. The third kappa shape index (κ3) is 5.73. The van der Waals surface area contributed by atoms with Crippen molar-refractivity contribution in [2.75, 3.05) is 19.0 Å². The second-order valence-electron chi connectivity index (χ2n) is 8.53. The Morgan fingerprint density at radius 3 is 2.62 bits per heavy atom. The average Bonchev–Trinajstić information content (AvgIpc) is 2.82. The molecule has 2 N–H and O–H groups in total. The number of anilines is 1. The lowest BCUT2D eigenvalue weighted by atomic mass is 9.85. The highest BCUT2D eigenvalue weighted by Gasteiger charge is 2.34. The van der Waals surface area contributed by atoms with E-state index in [9.17, 15) is 18.0 Å². The Kier molecular flexibility index (Phi) is 7.16. The fourth-order valence-corrected chi connectivity index (χ4v) is 4.54.